The van der Waals surface area contributed by atoms with Gasteiger partial charge in [0.05, 0.1) is 27.8 Å². The summed E-state index contributed by atoms with van der Waals surface area (Å²) in [4.78, 5) is 16.1. The minimum Gasteiger partial charge on any atom is -0.455 e. The number of nitrogens with zero attached hydrogens (tertiary/aromatic N) is 4. The second-order valence-electron chi connectivity index (χ2n) is 17.1. The van der Waals surface area contributed by atoms with E-state index in [-0.39, 0.29) is 0 Å². The van der Waals surface area contributed by atoms with E-state index in [9.17, 15) is 0 Å². The van der Waals surface area contributed by atoms with Crippen LogP contribution in [0, 0.1) is 0 Å². The molecule has 0 spiro atoms. The SMILES string of the molecule is c1ccc2cc3c(cc2c1)c1ccccc1n3-c1cc(-c2nc(-c3cccc4c3oc3ccccc34)nc(-c3cccc4c3oc3ccccc34)n2)cc2c1oc1ccc3ccccc3c12. The fourth-order valence-corrected chi connectivity index (χ4v) is 10.4. The molecule has 306 valence electrons. The lowest BCUT2D eigenvalue weighted by atomic mass is 10.0. The molecule has 0 fully saturated rings. The number of rotatable bonds is 4. The molecule has 5 aromatic heterocycles. The second-order valence-corrected chi connectivity index (χ2v) is 17.1. The summed E-state index contributed by atoms with van der Waals surface area (Å²) in [5, 5.41) is 12.9. The first-order chi connectivity index (χ1) is 32.7. The Balaban J connectivity index is 1.08. The number of fused-ring (bicyclic) bond motifs is 15. The van der Waals surface area contributed by atoms with Crippen LogP contribution >= 0.6 is 0 Å². The van der Waals surface area contributed by atoms with Crippen LogP contribution in [0.2, 0.25) is 0 Å². The molecule has 0 aliphatic heterocycles. The third-order valence-corrected chi connectivity index (χ3v) is 13.4. The van der Waals surface area contributed by atoms with Gasteiger partial charge < -0.3 is 17.8 Å². The molecule has 10 aromatic carbocycles. The predicted molar refractivity (Wildman–Crippen MR) is 267 cm³/mol. The van der Waals surface area contributed by atoms with E-state index in [2.05, 4.69) is 138 Å². The van der Waals surface area contributed by atoms with Crippen molar-refractivity contribution in [2.75, 3.05) is 0 Å². The Kier molecular flexibility index (Phi) is 7.10. The highest BCUT2D eigenvalue weighted by atomic mass is 16.3. The van der Waals surface area contributed by atoms with E-state index < -0.39 is 0 Å². The number of furan rings is 3. The van der Waals surface area contributed by atoms with E-state index >= 15 is 0 Å². The first kappa shape index (κ1) is 35.4. The van der Waals surface area contributed by atoms with Crippen molar-refractivity contribution in [3.8, 4) is 39.9 Å². The molecule has 0 aliphatic rings. The summed E-state index contributed by atoms with van der Waals surface area (Å²) in [6.45, 7) is 0. The Hall–Kier alpha value is -9.07. The molecule has 15 rings (SSSR count). The van der Waals surface area contributed by atoms with Crippen LogP contribution in [0.5, 0.6) is 0 Å². The minimum atomic E-state index is 0.486. The maximum Gasteiger partial charge on any atom is 0.167 e. The highest BCUT2D eigenvalue weighted by molar-refractivity contribution is 6.22. The molecule has 0 saturated heterocycles. The Bertz CT molecular complexity index is 4420. The van der Waals surface area contributed by atoms with Gasteiger partial charge in [0.15, 0.2) is 23.1 Å². The van der Waals surface area contributed by atoms with Gasteiger partial charge in [0, 0.05) is 48.7 Å². The first-order valence-electron chi connectivity index (χ1n) is 22.1. The zero-order valence-electron chi connectivity index (χ0n) is 35.0. The van der Waals surface area contributed by atoms with Gasteiger partial charge in [-0.05, 0) is 82.2 Å². The molecule has 5 heterocycles. The zero-order valence-corrected chi connectivity index (χ0v) is 35.0. The van der Waals surface area contributed by atoms with Crippen LogP contribution in [0.25, 0.3) is 149 Å². The lowest BCUT2D eigenvalue weighted by molar-refractivity contribution is 0.666. The summed E-state index contributed by atoms with van der Waals surface area (Å²) >= 11 is 0. The van der Waals surface area contributed by atoms with Crippen molar-refractivity contribution in [3.05, 3.63) is 194 Å². The van der Waals surface area contributed by atoms with Gasteiger partial charge in [0.1, 0.15) is 27.9 Å². The monoisotopic (exact) mass is 844 g/mol. The number of para-hydroxylation sites is 5. The van der Waals surface area contributed by atoms with E-state index in [1.165, 1.54) is 5.39 Å². The quantitative estimate of drug-likeness (QED) is 0.175. The van der Waals surface area contributed by atoms with E-state index in [1.807, 2.05) is 60.7 Å². The number of benzene rings is 10. The van der Waals surface area contributed by atoms with E-state index in [4.69, 9.17) is 28.2 Å². The molecular formula is C59H32N4O3. The van der Waals surface area contributed by atoms with Crippen molar-refractivity contribution in [2.45, 2.75) is 0 Å². The highest BCUT2D eigenvalue weighted by Crippen LogP contribution is 2.44. The fraction of sp³-hybridized carbons (Fsp3) is 0. The topological polar surface area (TPSA) is 83.0 Å². The van der Waals surface area contributed by atoms with Crippen LogP contribution in [-0.2, 0) is 0 Å². The number of aromatic nitrogens is 4. The molecule has 7 nitrogen and oxygen atoms in total. The van der Waals surface area contributed by atoms with Crippen molar-refractivity contribution in [3.63, 3.8) is 0 Å². The molecule has 7 heteroatoms. The first-order valence-corrected chi connectivity index (χ1v) is 22.1. The Morgan fingerprint density at radius 2 is 0.864 bits per heavy atom. The van der Waals surface area contributed by atoms with Crippen molar-refractivity contribution in [1.29, 1.82) is 0 Å². The molecule has 0 saturated carbocycles. The van der Waals surface area contributed by atoms with Crippen molar-refractivity contribution < 1.29 is 13.3 Å². The summed E-state index contributed by atoms with van der Waals surface area (Å²) in [6.07, 6.45) is 0. The molecule has 0 atom stereocenters. The zero-order chi connectivity index (χ0) is 43.0. The van der Waals surface area contributed by atoms with Crippen LogP contribution in [0.3, 0.4) is 0 Å². The maximum absolute atomic E-state index is 7.03. The van der Waals surface area contributed by atoms with Gasteiger partial charge in [-0.15, -0.1) is 0 Å². The van der Waals surface area contributed by atoms with Crippen LogP contribution in [0.4, 0.5) is 0 Å². The van der Waals surface area contributed by atoms with Gasteiger partial charge in [0.2, 0.25) is 0 Å². The van der Waals surface area contributed by atoms with Gasteiger partial charge in [0.25, 0.3) is 0 Å². The van der Waals surface area contributed by atoms with Crippen molar-refractivity contribution >= 4 is 109 Å². The summed E-state index contributed by atoms with van der Waals surface area (Å²) < 4.78 is 22.6. The standard InChI is InChI=1S/C59H32N4O3/c1-2-15-35-31-48-45(29-34(35)14-1)38-17-5-8-24-47(38)63(48)49-32-36(30-46-53-37-16-4-3-13-33(37)27-28-52(53)66-56(46)49)57-60-58(43-22-11-20-41-39-18-6-9-25-50(39)64-54(41)43)62-59(61-57)44-23-12-21-42-40-19-7-10-26-51(40)65-55(42)44/h1-32H. The summed E-state index contributed by atoms with van der Waals surface area (Å²) in [7, 11) is 0. The summed E-state index contributed by atoms with van der Waals surface area (Å²) in [5.74, 6) is 1.47. The highest BCUT2D eigenvalue weighted by Gasteiger charge is 2.25. The summed E-state index contributed by atoms with van der Waals surface area (Å²) in [6, 6.07) is 67.4. The number of hydrogen-bond donors (Lipinski definition) is 0. The normalized spacial score (nSPS) is 12.2. The Morgan fingerprint density at radius 1 is 0.318 bits per heavy atom. The maximum atomic E-state index is 7.03. The Labute approximate surface area is 374 Å². The van der Waals surface area contributed by atoms with Gasteiger partial charge in [-0.1, -0.05) is 133 Å². The molecule has 66 heavy (non-hydrogen) atoms. The smallest absolute Gasteiger partial charge is 0.167 e. The third kappa shape index (κ3) is 4.99. The fourth-order valence-electron chi connectivity index (χ4n) is 10.4. The van der Waals surface area contributed by atoms with Crippen molar-refractivity contribution in [1.82, 2.24) is 19.5 Å². The van der Waals surface area contributed by atoms with Crippen LogP contribution < -0.4 is 0 Å². The molecule has 0 bridgehead atoms. The van der Waals surface area contributed by atoms with Crippen LogP contribution in [-0.4, -0.2) is 19.5 Å². The van der Waals surface area contributed by atoms with Gasteiger partial charge >= 0.3 is 0 Å². The molecule has 0 amide bonds. The molecule has 0 aliphatic carbocycles. The minimum absolute atomic E-state index is 0.486. The van der Waals surface area contributed by atoms with E-state index in [0.29, 0.717) is 28.6 Å². The number of hydrogen-bond acceptors (Lipinski definition) is 6. The molecule has 15 aromatic rings. The van der Waals surface area contributed by atoms with Gasteiger partial charge in [-0.2, -0.15) is 0 Å². The third-order valence-electron chi connectivity index (χ3n) is 13.4. The average molecular weight is 845 g/mol. The largest absolute Gasteiger partial charge is 0.455 e. The second kappa shape index (κ2) is 13.2. The Morgan fingerprint density at radius 3 is 1.56 bits per heavy atom. The molecule has 0 N–H and O–H groups in total. The lowest BCUT2D eigenvalue weighted by Gasteiger charge is -2.13. The lowest BCUT2D eigenvalue weighted by Crippen LogP contribution is -2.02. The molecule has 0 unspecified atom stereocenters. The van der Waals surface area contributed by atoms with Gasteiger partial charge in [-0.3, -0.25) is 0 Å². The van der Waals surface area contributed by atoms with E-state index in [1.54, 1.807) is 0 Å². The van der Waals surface area contributed by atoms with Crippen LogP contribution in [0.1, 0.15) is 0 Å². The molecular weight excluding hydrogens is 813 g/mol. The predicted octanol–water partition coefficient (Wildman–Crippen LogP) is 16.0. The molecule has 0 radical (unpaired) electrons. The van der Waals surface area contributed by atoms with Crippen LogP contribution in [0.15, 0.2) is 207 Å². The van der Waals surface area contributed by atoms with Crippen molar-refractivity contribution in [2.24, 2.45) is 0 Å². The van der Waals surface area contributed by atoms with Gasteiger partial charge in [-0.25, -0.2) is 15.0 Å². The average Bonchev–Trinajstić information content (AvgIpc) is 4.14. The van der Waals surface area contributed by atoms with E-state index in [0.717, 1.165) is 115 Å². The summed E-state index contributed by atoms with van der Waals surface area (Å²) in [5.41, 5.74) is 9.96.